The van der Waals surface area contributed by atoms with Gasteiger partial charge in [0.15, 0.2) is 0 Å². The number of carbonyl (C=O) groups is 2. The van der Waals surface area contributed by atoms with Crippen LogP contribution in [0.4, 0.5) is 0 Å². The van der Waals surface area contributed by atoms with E-state index in [1.165, 1.54) is 6.07 Å². The predicted molar refractivity (Wildman–Crippen MR) is 101 cm³/mol. The van der Waals surface area contributed by atoms with Crippen LogP contribution in [-0.4, -0.2) is 22.2 Å². The van der Waals surface area contributed by atoms with Gasteiger partial charge < -0.3 is 9.84 Å². The standard InChI is InChI=1S/C19H19N3O4S/c1-10(20-18(23)15-7-8-16(27-15)19(24)21-25)13-5-4-6-14(9-13)17-11(2)22-26-12(17)3/h4-10,25H,1-3H3,(H,20,23)(H,21,24). The van der Waals surface area contributed by atoms with Crippen LogP contribution in [0.3, 0.4) is 0 Å². The van der Waals surface area contributed by atoms with E-state index in [9.17, 15) is 9.59 Å². The topological polar surface area (TPSA) is 104 Å². The zero-order valence-corrected chi connectivity index (χ0v) is 15.9. The van der Waals surface area contributed by atoms with E-state index in [2.05, 4.69) is 10.5 Å². The maximum Gasteiger partial charge on any atom is 0.284 e. The number of hydrogen-bond acceptors (Lipinski definition) is 6. The largest absolute Gasteiger partial charge is 0.361 e. The Hall–Kier alpha value is -2.97. The van der Waals surface area contributed by atoms with Gasteiger partial charge in [-0.1, -0.05) is 23.4 Å². The molecular weight excluding hydrogens is 366 g/mol. The van der Waals surface area contributed by atoms with Crippen molar-refractivity contribution in [3.05, 3.63) is 63.2 Å². The normalized spacial score (nSPS) is 11.9. The van der Waals surface area contributed by atoms with Gasteiger partial charge in [0, 0.05) is 5.56 Å². The summed E-state index contributed by atoms with van der Waals surface area (Å²) in [6.45, 7) is 5.64. The molecule has 1 atom stereocenters. The second-order valence-electron chi connectivity index (χ2n) is 6.12. The fourth-order valence-electron chi connectivity index (χ4n) is 2.85. The van der Waals surface area contributed by atoms with Crippen molar-refractivity contribution in [3.8, 4) is 11.1 Å². The zero-order chi connectivity index (χ0) is 19.6. The summed E-state index contributed by atoms with van der Waals surface area (Å²) in [5.41, 5.74) is 5.23. The zero-order valence-electron chi connectivity index (χ0n) is 15.1. The van der Waals surface area contributed by atoms with Crippen LogP contribution in [0.5, 0.6) is 0 Å². The lowest BCUT2D eigenvalue weighted by Crippen LogP contribution is -2.25. The van der Waals surface area contributed by atoms with Gasteiger partial charge in [-0.3, -0.25) is 14.8 Å². The second-order valence-corrected chi connectivity index (χ2v) is 7.21. The van der Waals surface area contributed by atoms with Crippen LogP contribution in [0.15, 0.2) is 40.9 Å². The van der Waals surface area contributed by atoms with Crippen LogP contribution < -0.4 is 10.8 Å². The first-order valence-corrected chi connectivity index (χ1v) is 9.10. The van der Waals surface area contributed by atoms with Gasteiger partial charge in [-0.25, -0.2) is 5.48 Å². The summed E-state index contributed by atoms with van der Waals surface area (Å²) in [4.78, 5) is 24.5. The van der Waals surface area contributed by atoms with E-state index < -0.39 is 5.91 Å². The molecule has 0 aliphatic carbocycles. The third kappa shape index (κ3) is 3.91. The number of hydrogen-bond donors (Lipinski definition) is 3. The molecule has 27 heavy (non-hydrogen) atoms. The number of aromatic nitrogens is 1. The van der Waals surface area contributed by atoms with E-state index in [-0.39, 0.29) is 16.8 Å². The van der Waals surface area contributed by atoms with Crippen molar-refractivity contribution in [3.63, 3.8) is 0 Å². The molecule has 1 aromatic carbocycles. The van der Waals surface area contributed by atoms with Crippen molar-refractivity contribution in [1.29, 1.82) is 0 Å². The lowest BCUT2D eigenvalue weighted by atomic mass is 9.99. The lowest BCUT2D eigenvalue weighted by Gasteiger charge is -2.15. The van der Waals surface area contributed by atoms with Crippen molar-refractivity contribution >= 4 is 23.2 Å². The molecule has 8 heteroatoms. The molecule has 2 amide bonds. The number of carbonyl (C=O) groups excluding carboxylic acids is 2. The summed E-state index contributed by atoms with van der Waals surface area (Å²) in [6.07, 6.45) is 0. The van der Waals surface area contributed by atoms with Crippen molar-refractivity contribution in [2.75, 3.05) is 0 Å². The molecule has 0 fully saturated rings. The molecule has 0 saturated heterocycles. The molecule has 0 saturated carbocycles. The first kappa shape index (κ1) is 18.8. The summed E-state index contributed by atoms with van der Waals surface area (Å²) in [5.74, 6) is -0.180. The third-order valence-corrected chi connectivity index (χ3v) is 5.29. The Morgan fingerprint density at radius 2 is 1.85 bits per heavy atom. The van der Waals surface area contributed by atoms with Gasteiger partial charge in [0.2, 0.25) is 0 Å². The lowest BCUT2D eigenvalue weighted by molar-refractivity contribution is 0.0711. The summed E-state index contributed by atoms with van der Waals surface area (Å²) < 4.78 is 5.23. The van der Waals surface area contributed by atoms with E-state index in [1.54, 1.807) is 11.5 Å². The van der Waals surface area contributed by atoms with Gasteiger partial charge in [0.05, 0.1) is 21.5 Å². The number of nitrogens with zero attached hydrogens (tertiary/aromatic N) is 1. The van der Waals surface area contributed by atoms with E-state index in [4.69, 9.17) is 9.73 Å². The molecule has 2 aromatic heterocycles. The third-order valence-electron chi connectivity index (χ3n) is 4.21. The number of nitrogens with one attached hydrogen (secondary N) is 2. The monoisotopic (exact) mass is 385 g/mol. The van der Waals surface area contributed by atoms with Gasteiger partial charge in [0.1, 0.15) is 5.76 Å². The smallest absolute Gasteiger partial charge is 0.284 e. The van der Waals surface area contributed by atoms with Gasteiger partial charge in [-0.2, -0.15) is 0 Å². The Balaban J connectivity index is 1.77. The molecule has 3 rings (SSSR count). The van der Waals surface area contributed by atoms with Crippen molar-refractivity contribution in [2.45, 2.75) is 26.8 Å². The molecule has 0 aliphatic rings. The first-order chi connectivity index (χ1) is 12.9. The summed E-state index contributed by atoms with van der Waals surface area (Å²) in [7, 11) is 0. The van der Waals surface area contributed by atoms with E-state index in [1.807, 2.05) is 45.0 Å². The predicted octanol–water partition coefficient (Wildman–Crippen LogP) is 3.63. The minimum atomic E-state index is -0.640. The minimum Gasteiger partial charge on any atom is -0.361 e. The van der Waals surface area contributed by atoms with Gasteiger partial charge in [-0.05, 0) is 50.1 Å². The average Bonchev–Trinajstić information content (AvgIpc) is 3.28. The van der Waals surface area contributed by atoms with Crippen LogP contribution in [0.1, 0.15) is 49.3 Å². The molecule has 0 bridgehead atoms. The molecule has 3 N–H and O–H groups in total. The summed E-state index contributed by atoms with van der Waals surface area (Å²) in [5, 5.41) is 15.6. The number of rotatable bonds is 5. The van der Waals surface area contributed by atoms with Crippen LogP contribution in [0.2, 0.25) is 0 Å². The van der Waals surface area contributed by atoms with Gasteiger partial charge in [-0.15, -0.1) is 11.3 Å². The Morgan fingerprint density at radius 1 is 1.15 bits per heavy atom. The van der Waals surface area contributed by atoms with Crippen molar-refractivity contribution < 1.29 is 19.3 Å². The molecule has 0 spiro atoms. The Bertz CT molecular complexity index is 973. The minimum absolute atomic E-state index is 0.241. The van der Waals surface area contributed by atoms with Crippen LogP contribution >= 0.6 is 11.3 Å². The fraction of sp³-hybridized carbons (Fsp3) is 0.211. The van der Waals surface area contributed by atoms with Gasteiger partial charge in [0.25, 0.3) is 11.8 Å². The van der Waals surface area contributed by atoms with Crippen molar-refractivity contribution in [2.24, 2.45) is 0 Å². The fourth-order valence-corrected chi connectivity index (χ4v) is 3.65. The Labute approximate surface area is 160 Å². The van der Waals surface area contributed by atoms with E-state index >= 15 is 0 Å². The molecule has 3 aromatic rings. The molecule has 1 unspecified atom stereocenters. The molecular formula is C19H19N3O4S. The van der Waals surface area contributed by atoms with E-state index in [0.717, 1.165) is 39.5 Å². The average molecular weight is 385 g/mol. The second kappa shape index (κ2) is 7.73. The number of amides is 2. The number of hydroxylamine groups is 1. The summed E-state index contributed by atoms with van der Waals surface area (Å²) in [6, 6.07) is 10.6. The highest BCUT2D eigenvalue weighted by atomic mass is 32.1. The molecule has 0 aliphatic heterocycles. The summed E-state index contributed by atoms with van der Waals surface area (Å²) >= 11 is 1.01. The molecule has 140 valence electrons. The van der Waals surface area contributed by atoms with E-state index in [0.29, 0.717) is 4.88 Å². The number of benzene rings is 1. The highest BCUT2D eigenvalue weighted by Gasteiger charge is 2.17. The van der Waals surface area contributed by atoms with Crippen molar-refractivity contribution in [1.82, 2.24) is 16.0 Å². The Kier molecular flexibility index (Phi) is 5.38. The van der Waals surface area contributed by atoms with Crippen LogP contribution in [0.25, 0.3) is 11.1 Å². The molecule has 7 nitrogen and oxygen atoms in total. The molecule has 0 radical (unpaired) electrons. The quantitative estimate of drug-likeness (QED) is 0.459. The first-order valence-electron chi connectivity index (χ1n) is 8.29. The highest BCUT2D eigenvalue weighted by Crippen LogP contribution is 2.29. The SMILES string of the molecule is Cc1noc(C)c1-c1cccc(C(C)NC(=O)c2ccc(C(=O)NO)s2)c1. The van der Waals surface area contributed by atoms with Gasteiger partial charge >= 0.3 is 0 Å². The van der Waals surface area contributed by atoms with Crippen LogP contribution in [-0.2, 0) is 0 Å². The van der Waals surface area contributed by atoms with Crippen LogP contribution in [0, 0.1) is 13.8 Å². The maximum atomic E-state index is 12.5. The Morgan fingerprint density at radius 3 is 2.48 bits per heavy atom. The maximum absolute atomic E-state index is 12.5. The molecule has 2 heterocycles. The number of aryl methyl sites for hydroxylation is 2. The number of thiophene rings is 1. The highest BCUT2D eigenvalue weighted by molar-refractivity contribution is 7.15.